The normalized spacial score (nSPS) is 11.0. The number of rotatable bonds is 8. The topological polar surface area (TPSA) is 7.76 Å². The summed E-state index contributed by atoms with van der Waals surface area (Å²) in [5, 5.41) is 0. The van der Waals surface area contributed by atoms with Crippen molar-refractivity contribution in [3.05, 3.63) is 231 Å². The Morgan fingerprint density at radius 1 is 0.185 bits per heavy atom. The van der Waals surface area contributed by atoms with Crippen molar-refractivity contribution in [1.82, 2.24) is 0 Å². The zero-order valence-corrected chi connectivity index (χ0v) is 29.8. The molecule has 7 aromatic carbocycles. The summed E-state index contributed by atoms with van der Waals surface area (Å²) < 4.78 is 4.84. The van der Waals surface area contributed by atoms with E-state index in [-0.39, 0.29) is 0 Å². The van der Waals surface area contributed by atoms with Gasteiger partial charge in [-0.15, -0.1) is 0 Å². The zero-order valence-electron chi connectivity index (χ0n) is 29.8. The van der Waals surface area contributed by atoms with Gasteiger partial charge in [-0.25, -0.2) is 0 Å². The maximum atomic E-state index is 2.42. The molecule has 9 rings (SSSR count). The molecule has 0 aliphatic rings. The number of nitrogens with zero attached hydrogens (tertiary/aromatic N) is 2. The van der Waals surface area contributed by atoms with Crippen LogP contribution in [0.1, 0.15) is 0 Å². The molecule has 2 heterocycles. The molecule has 0 aliphatic carbocycles. The number of hydrogen-bond donors (Lipinski definition) is 0. The van der Waals surface area contributed by atoms with Crippen LogP contribution in [0.3, 0.4) is 0 Å². The van der Waals surface area contributed by atoms with Crippen molar-refractivity contribution in [2.24, 2.45) is 0 Å². The summed E-state index contributed by atoms with van der Waals surface area (Å²) in [5.74, 6) is 0. The lowest BCUT2D eigenvalue weighted by atomic mass is 9.98. The Balaban J connectivity index is 1.34. The standard InChI is InChI=1S/C52H38N2/c1-7-20-39(21-8-1)45-34-49(41-24-11-3-12-25-41)53(50(35-45)42-26-13-4-14-27-42)47-32-19-33-48(38-47)54-51(43-28-15-5-16-29-43)36-46(40-22-9-2-10-23-40)37-52(54)44-30-17-6-18-31-44/h1-38H/q+2. The van der Waals surface area contributed by atoms with E-state index in [0.29, 0.717) is 0 Å². The van der Waals surface area contributed by atoms with Crippen LogP contribution in [0.4, 0.5) is 0 Å². The second-order valence-electron chi connectivity index (χ2n) is 13.4. The average Bonchev–Trinajstić information content (AvgIpc) is 3.27. The molecule has 0 aliphatic heterocycles. The molecule has 0 unspecified atom stereocenters. The number of benzene rings is 7. The van der Waals surface area contributed by atoms with Gasteiger partial charge in [0, 0.05) is 58.7 Å². The van der Waals surface area contributed by atoms with Gasteiger partial charge in [-0.3, -0.25) is 0 Å². The van der Waals surface area contributed by atoms with Crippen molar-refractivity contribution in [1.29, 1.82) is 0 Å². The van der Waals surface area contributed by atoms with E-state index in [9.17, 15) is 0 Å². The minimum atomic E-state index is 1.07. The molecule has 0 amide bonds. The summed E-state index contributed by atoms with van der Waals surface area (Å²) in [6.45, 7) is 0. The van der Waals surface area contributed by atoms with Gasteiger partial charge in [-0.2, -0.15) is 9.13 Å². The molecule has 0 radical (unpaired) electrons. The number of pyridine rings is 2. The first-order chi connectivity index (χ1) is 26.8. The van der Waals surface area contributed by atoms with Crippen LogP contribution in [0.15, 0.2) is 231 Å². The second-order valence-corrected chi connectivity index (χ2v) is 13.4. The monoisotopic (exact) mass is 690 g/mol. The van der Waals surface area contributed by atoms with Crippen LogP contribution in [-0.4, -0.2) is 0 Å². The summed E-state index contributed by atoms with van der Waals surface area (Å²) in [6.07, 6.45) is 0. The molecule has 0 spiro atoms. The summed E-state index contributed by atoms with van der Waals surface area (Å²) in [6, 6.07) is 82.6. The third-order valence-electron chi connectivity index (χ3n) is 9.97. The maximum absolute atomic E-state index is 2.42. The average molecular weight is 691 g/mol. The highest BCUT2D eigenvalue weighted by molar-refractivity contribution is 5.76. The lowest BCUT2D eigenvalue weighted by molar-refractivity contribution is -0.580. The highest BCUT2D eigenvalue weighted by atomic mass is 15.0. The first-order valence-electron chi connectivity index (χ1n) is 18.4. The quantitative estimate of drug-likeness (QED) is 0.140. The Morgan fingerprint density at radius 2 is 0.426 bits per heavy atom. The van der Waals surface area contributed by atoms with Gasteiger partial charge in [0.15, 0.2) is 0 Å². The van der Waals surface area contributed by atoms with E-state index in [2.05, 4.69) is 240 Å². The first-order valence-corrected chi connectivity index (χ1v) is 18.4. The summed E-state index contributed by atoms with van der Waals surface area (Å²) >= 11 is 0. The predicted molar refractivity (Wildman–Crippen MR) is 222 cm³/mol. The van der Waals surface area contributed by atoms with Crippen molar-refractivity contribution in [3.8, 4) is 78.7 Å². The van der Waals surface area contributed by atoms with Gasteiger partial charge >= 0.3 is 0 Å². The Bertz CT molecular complexity index is 2350. The molecular formula is C52H38N2+2. The second kappa shape index (κ2) is 14.8. The lowest BCUT2D eigenvalue weighted by Gasteiger charge is -2.14. The Labute approximate surface area is 317 Å². The Hall–Kier alpha value is -7.16. The molecule has 254 valence electrons. The van der Waals surface area contributed by atoms with Crippen molar-refractivity contribution in [3.63, 3.8) is 0 Å². The third-order valence-corrected chi connectivity index (χ3v) is 9.97. The van der Waals surface area contributed by atoms with Gasteiger partial charge in [0.05, 0.1) is 6.07 Å². The van der Waals surface area contributed by atoms with Gasteiger partial charge in [0.25, 0.3) is 0 Å². The first kappa shape index (κ1) is 32.7. The molecule has 2 aromatic heterocycles. The van der Waals surface area contributed by atoms with Crippen molar-refractivity contribution in [2.75, 3.05) is 0 Å². The van der Waals surface area contributed by atoms with E-state index < -0.39 is 0 Å². The molecule has 0 fully saturated rings. The van der Waals surface area contributed by atoms with Crippen LogP contribution >= 0.6 is 0 Å². The number of hydrogen-bond acceptors (Lipinski definition) is 0. The van der Waals surface area contributed by atoms with Crippen LogP contribution in [0.25, 0.3) is 78.7 Å². The molecule has 0 saturated carbocycles. The maximum Gasteiger partial charge on any atom is 0.219 e. The SMILES string of the molecule is c1ccc(-c2cc(-c3ccccc3)[n+](-c3cccc(-[n+]4c(-c5ccccc5)cc(-c5ccccc5)cc4-c4ccccc4)c3)c(-c3ccccc3)c2)cc1. The Kier molecular flexibility index (Phi) is 8.99. The van der Waals surface area contributed by atoms with Crippen LogP contribution in [-0.2, 0) is 0 Å². The van der Waals surface area contributed by atoms with E-state index >= 15 is 0 Å². The van der Waals surface area contributed by atoms with Crippen LogP contribution < -0.4 is 9.13 Å². The molecule has 54 heavy (non-hydrogen) atoms. The fourth-order valence-corrected chi connectivity index (χ4v) is 7.40. The molecule has 0 atom stereocenters. The fourth-order valence-electron chi connectivity index (χ4n) is 7.40. The molecule has 2 heteroatoms. The molecule has 0 saturated heterocycles. The number of aromatic nitrogens is 2. The van der Waals surface area contributed by atoms with E-state index in [1.54, 1.807) is 0 Å². The highest BCUT2D eigenvalue weighted by Crippen LogP contribution is 2.33. The highest BCUT2D eigenvalue weighted by Gasteiger charge is 2.29. The van der Waals surface area contributed by atoms with Gasteiger partial charge in [0.1, 0.15) is 0 Å². The molecule has 0 N–H and O–H groups in total. The van der Waals surface area contributed by atoms with E-state index in [1.807, 2.05) is 0 Å². The third kappa shape index (κ3) is 6.53. The smallest absolute Gasteiger partial charge is 0.153 e. The van der Waals surface area contributed by atoms with E-state index in [0.717, 1.165) is 56.4 Å². The van der Waals surface area contributed by atoms with E-state index in [1.165, 1.54) is 22.3 Å². The largest absolute Gasteiger partial charge is 0.219 e. The van der Waals surface area contributed by atoms with Gasteiger partial charge in [-0.1, -0.05) is 133 Å². The van der Waals surface area contributed by atoms with Crippen LogP contribution in [0, 0.1) is 0 Å². The fraction of sp³-hybridized carbons (Fsp3) is 0. The van der Waals surface area contributed by atoms with Gasteiger partial charge in [0.2, 0.25) is 34.2 Å². The summed E-state index contributed by atoms with van der Waals surface area (Å²) in [4.78, 5) is 0. The molecular weight excluding hydrogens is 653 g/mol. The summed E-state index contributed by atoms with van der Waals surface area (Å²) in [7, 11) is 0. The summed E-state index contributed by atoms with van der Waals surface area (Å²) in [5.41, 5.74) is 15.9. The Morgan fingerprint density at radius 3 is 0.685 bits per heavy atom. The van der Waals surface area contributed by atoms with Gasteiger partial charge in [-0.05, 0) is 76.9 Å². The molecule has 0 bridgehead atoms. The van der Waals surface area contributed by atoms with Crippen molar-refractivity contribution in [2.45, 2.75) is 0 Å². The minimum Gasteiger partial charge on any atom is -0.153 e. The van der Waals surface area contributed by atoms with Crippen molar-refractivity contribution < 1.29 is 9.13 Å². The van der Waals surface area contributed by atoms with Crippen LogP contribution in [0.2, 0.25) is 0 Å². The van der Waals surface area contributed by atoms with E-state index in [4.69, 9.17) is 0 Å². The minimum absolute atomic E-state index is 1.07. The van der Waals surface area contributed by atoms with Crippen molar-refractivity contribution >= 4 is 0 Å². The molecule has 2 nitrogen and oxygen atoms in total. The zero-order chi connectivity index (χ0) is 36.1. The predicted octanol–water partition coefficient (Wildman–Crippen LogP) is 12.2. The molecule has 9 aromatic rings. The van der Waals surface area contributed by atoms with Gasteiger partial charge < -0.3 is 0 Å². The van der Waals surface area contributed by atoms with Crippen LogP contribution in [0.5, 0.6) is 0 Å². The lowest BCUT2D eigenvalue weighted by Crippen LogP contribution is -2.39.